The number of nitriles is 1. The molecule has 2 rings (SSSR count). The Bertz CT molecular complexity index is 852. The molecule has 0 aliphatic rings. The first-order valence-electron chi connectivity index (χ1n) is 7.73. The Morgan fingerprint density at radius 2 is 1.92 bits per heavy atom. The van der Waals surface area contributed by atoms with Crippen LogP contribution in [0.4, 0.5) is 5.00 Å². The molecule has 1 heterocycles. The smallest absolute Gasteiger partial charge is 0.338 e. The first-order chi connectivity index (χ1) is 12.4. The fourth-order valence-electron chi connectivity index (χ4n) is 1.97. The quantitative estimate of drug-likeness (QED) is 0.758. The summed E-state index contributed by atoms with van der Waals surface area (Å²) >= 11 is 1.22. The first kappa shape index (κ1) is 19.1. The molecule has 0 aliphatic heterocycles. The van der Waals surface area contributed by atoms with Crippen LogP contribution in [0.3, 0.4) is 0 Å². The number of carbonyl (C=O) groups excluding carboxylic acids is 3. The van der Waals surface area contributed by atoms with Crippen molar-refractivity contribution >= 4 is 34.1 Å². The van der Waals surface area contributed by atoms with Gasteiger partial charge in [-0.25, -0.2) is 4.79 Å². The van der Waals surface area contributed by atoms with Gasteiger partial charge in [-0.15, -0.1) is 11.3 Å². The van der Waals surface area contributed by atoms with Crippen LogP contribution in [0, 0.1) is 11.3 Å². The monoisotopic (exact) mass is 371 g/mol. The van der Waals surface area contributed by atoms with Crippen molar-refractivity contribution in [3.05, 3.63) is 52.4 Å². The molecule has 7 nitrogen and oxygen atoms in total. The Balaban J connectivity index is 1.92. The lowest BCUT2D eigenvalue weighted by Crippen LogP contribution is -2.30. The molecular weight excluding hydrogens is 354 g/mol. The van der Waals surface area contributed by atoms with E-state index in [9.17, 15) is 14.4 Å². The van der Waals surface area contributed by atoms with E-state index < -0.39 is 18.0 Å². The molecule has 0 spiro atoms. The number of carbonyl (C=O) groups is 3. The molecule has 1 aromatic heterocycles. The van der Waals surface area contributed by atoms with Crippen LogP contribution in [0.5, 0.6) is 0 Å². The second-order valence-electron chi connectivity index (χ2n) is 5.42. The maximum atomic E-state index is 12.1. The van der Waals surface area contributed by atoms with Crippen LogP contribution in [-0.4, -0.2) is 23.9 Å². The van der Waals surface area contributed by atoms with Gasteiger partial charge in [0.2, 0.25) is 5.91 Å². The zero-order valence-corrected chi connectivity index (χ0v) is 15.1. The van der Waals surface area contributed by atoms with Crippen LogP contribution in [0.1, 0.15) is 35.3 Å². The van der Waals surface area contributed by atoms with E-state index in [4.69, 9.17) is 10.00 Å². The van der Waals surface area contributed by atoms with E-state index in [1.165, 1.54) is 25.2 Å². The zero-order valence-electron chi connectivity index (χ0n) is 14.2. The SMILES string of the molecule is CC(=O)NCc1ccc(C(=O)OC(C)C(=O)Nc2sccc2C#N)cc1. The van der Waals surface area contributed by atoms with E-state index in [0.717, 1.165) is 5.56 Å². The van der Waals surface area contributed by atoms with Crippen LogP contribution >= 0.6 is 11.3 Å². The van der Waals surface area contributed by atoms with Crippen LogP contribution in [0.2, 0.25) is 0 Å². The van der Waals surface area contributed by atoms with Gasteiger partial charge < -0.3 is 15.4 Å². The Morgan fingerprint density at radius 1 is 1.23 bits per heavy atom. The van der Waals surface area contributed by atoms with Gasteiger partial charge >= 0.3 is 5.97 Å². The van der Waals surface area contributed by atoms with Crippen LogP contribution in [-0.2, 0) is 20.9 Å². The van der Waals surface area contributed by atoms with Gasteiger partial charge in [0.1, 0.15) is 11.1 Å². The third-order valence-electron chi connectivity index (χ3n) is 3.41. The molecular formula is C18H17N3O4S. The van der Waals surface area contributed by atoms with E-state index >= 15 is 0 Å². The van der Waals surface area contributed by atoms with Gasteiger partial charge in [-0.3, -0.25) is 9.59 Å². The number of benzene rings is 1. The van der Waals surface area contributed by atoms with Gasteiger partial charge in [-0.2, -0.15) is 5.26 Å². The highest BCUT2D eigenvalue weighted by Gasteiger charge is 2.20. The maximum Gasteiger partial charge on any atom is 0.338 e. The number of nitrogens with zero attached hydrogens (tertiary/aromatic N) is 1. The highest BCUT2D eigenvalue weighted by Crippen LogP contribution is 2.22. The Kier molecular flexibility index (Phi) is 6.47. The van der Waals surface area contributed by atoms with Crippen LogP contribution in [0.25, 0.3) is 0 Å². The summed E-state index contributed by atoms with van der Waals surface area (Å²) in [6.45, 7) is 3.25. The average molecular weight is 371 g/mol. The van der Waals surface area contributed by atoms with Crippen molar-refractivity contribution in [2.24, 2.45) is 0 Å². The molecule has 0 aliphatic carbocycles. The van der Waals surface area contributed by atoms with Gasteiger partial charge in [0.25, 0.3) is 5.91 Å². The highest BCUT2D eigenvalue weighted by molar-refractivity contribution is 7.14. The van der Waals surface area contributed by atoms with Crippen molar-refractivity contribution < 1.29 is 19.1 Å². The summed E-state index contributed by atoms with van der Waals surface area (Å²) < 4.78 is 5.16. The number of amides is 2. The van der Waals surface area contributed by atoms with Crippen molar-refractivity contribution in [2.45, 2.75) is 26.5 Å². The summed E-state index contributed by atoms with van der Waals surface area (Å²) in [4.78, 5) is 35.1. The zero-order chi connectivity index (χ0) is 19.1. The number of rotatable bonds is 6. The largest absolute Gasteiger partial charge is 0.449 e. The first-order valence-corrected chi connectivity index (χ1v) is 8.61. The molecule has 0 saturated carbocycles. The molecule has 1 aromatic carbocycles. The summed E-state index contributed by atoms with van der Waals surface area (Å²) in [6.07, 6.45) is -1.02. The third kappa shape index (κ3) is 5.16. The lowest BCUT2D eigenvalue weighted by atomic mass is 10.1. The number of anilines is 1. The predicted octanol–water partition coefficient (Wildman–Crippen LogP) is 2.44. The normalized spacial score (nSPS) is 11.1. The standard InChI is InChI=1S/C18H17N3O4S/c1-11(16(23)21-17-15(9-19)7-8-26-17)25-18(24)14-5-3-13(4-6-14)10-20-12(2)22/h3-8,11H,10H2,1-2H3,(H,20,22)(H,21,23). The predicted molar refractivity (Wildman–Crippen MR) is 96.5 cm³/mol. The van der Waals surface area contributed by atoms with Crippen LogP contribution in [0.15, 0.2) is 35.7 Å². The van der Waals surface area contributed by atoms with Gasteiger partial charge in [0.15, 0.2) is 6.10 Å². The number of esters is 1. The molecule has 0 bridgehead atoms. The minimum atomic E-state index is -1.02. The molecule has 1 atom stereocenters. The van der Waals surface area contributed by atoms with Gasteiger partial charge in [-0.1, -0.05) is 12.1 Å². The number of ether oxygens (including phenoxy) is 1. The summed E-state index contributed by atoms with van der Waals surface area (Å²) in [6, 6.07) is 10.1. The number of nitrogens with one attached hydrogen (secondary N) is 2. The van der Waals surface area contributed by atoms with Crippen molar-refractivity contribution in [1.29, 1.82) is 5.26 Å². The highest BCUT2D eigenvalue weighted by atomic mass is 32.1. The minimum absolute atomic E-state index is 0.140. The Labute approximate surface area is 154 Å². The third-order valence-corrected chi connectivity index (χ3v) is 4.24. The van der Waals surface area contributed by atoms with Gasteiger partial charge in [0.05, 0.1) is 11.1 Å². The molecule has 8 heteroatoms. The number of hydrogen-bond acceptors (Lipinski definition) is 6. The molecule has 0 fully saturated rings. The lowest BCUT2D eigenvalue weighted by Gasteiger charge is -2.13. The molecule has 0 radical (unpaired) electrons. The van der Waals surface area contributed by atoms with E-state index in [-0.39, 0.29) is 5.91 Å². The second-order valence-corrected chi connectivity index (χ2v) is 6.33. The van der Waals surface area contributed by atoms with Gasteiger partial charge in [-0.05, 0) is 36.1 Å². The molecule has 2 amide bonds. The fourth-order valence-corrected chi connectivity index (χ4v) is 2.72. The molecule has 2 N–H and O–H groups in total. The number of hydrogen-bond donors (Lipinski definition) is 2. The maximum absolute atomic E-state index is 12.1. The van der Waals surface area contributed by atoms with E-state index in [0.29, 0.717) is 22.7 Å². The number of thiophene rings is 1. The topological polar surface area (TPSA) is 108 Å². The Morgan fingerprint density at radius 3 is 2.54 bits per heavy atom. The summed E-state index contributed by atoms with van der Waals surface area (Å²) in [5.41, 5.74) is 1.49. The van der Waals surface area contributed by atoms with E-state index in [2.05, 4.69) is 10.6 Å². The molecule has 1 unspecified atom stereocenters. The summed E-state index contributed by atoms with van der Waals surface area (Å²) in [5, 5.41) is 16.3. The van der Waals surface area contributed by atoms with Gasteiger partial charge in [0, 0.05) is 13.5 Å². The van der Waals surface area contributed by atoms with Crippen molar-refractivity contribution in [2.75, 3.05) is 5.32 Å². The summed E-state index contributed by atoms with van der Waals surface area (Å²) in [5.74, 6) is -1.29. The van der Waals surface area contributed by atoms with E-state index in [1.807, 2.05) is 6.07 Å². The Hall–Kier alpha value is -3.18. The van der Waals surface area contributed by atoms with Crippen molar-refractivity contribution in [1.82, 2.24) is 5.32 Å². The fraction of sp³-hybridized carbons (Fsp3) is 0.222. The van der Waals surface area contributed by atoms with E-state index in [1.54, 1.807) is 35.7 Å². The van der Waals surface area contributed by atoms with Crippen molar-refractivity contribution in [3.63, 3.8) is 0 Å². The summed E-state index contributed by atoms with van der Waals surface area (Å²) in [7, 11) is 0. The lowest BCUT2D eigenvalue weighted by molar-refractivity contribution is -0.123. The minimum Gasteiger partial charge on any atom is -0.449 e. The van der Waals surface area contributed by atoms with Crippen LogP contribution < -0.4 is 10.6 Å². The second kappa shape index (κ2) is 8.78. The van der Waals surface area contributed by atoms with Crippen molar-refractivity contribution in [3.8, 4) is 6.07 Å². The molecule has 134 valence electrons. The average Bonchev–Trinajstić information content (AvgIpc) is 3.07. The molecule has 2 aromatic rings. The molecule has 26 heavy (non-hydrogen) atoms. The molecule has 0 saturated heterocycles.